The predicted molar refractivity (Wildman–Crippen MR) is 79.0 cm³/mol. The summed E-state index contributed by atoms with van der Waals surface area (Å²) in [6, 6.07) is 13.6. The van der Waals surface area contributed by atoms with E-state index in [0.29, 0.717) is 10.8 Å². The van der Waals surface area contributed by atoms with Gasteiger partial charge in [0.1, 0.15) is 10.8 Å². The molecule has 0 radical (unpaired) electrons. The van der Waals surface area contributed by atoms with E-state index in [1.54, 1.807) is 18.2 Å². The third kappa shape index (κ3) is 2.83. The Labute approximate surface area is 123 Å². The highest BCUT2D eigenvalue weighted by atomic mass is 35.5. The first kappa shape index (κ1) is 13.1. The third-order valence-corrected chi connectivity index (χ3v) is 3.84. The van der Waals surface area contributed by atoms with Gasteiger partial charge < -0.3 is 5.32 Å². The number of hydrogen-bond acceptors (Lipinski definition) is 2. The highest BCUT2D eigenvalue weighted by Gasteiger charge is 2.20. The van der Waals surface area contributed by atoms with Crippen LogP contribution in [0, 0.1) is 0 Å². The van der Waals surface area contributed by atoms with Gasteiger partial charge in [0.15, 0.2) is 0 Å². The topological polar surface area (TPSA) is 42.0 Å². The molecule has 0 fully saturated rings. The Balaban J connectivity index is 1.69. The van der Waals surface area contributed by atoms with E-state index in [-0.39, 0.29) is 11.9 Å². The normalized spacial score (nSPS) is 17.4. The van der Waals surface area contributed by atoms with Gasteiger partial charge in [-0.3, -0.25) is 4.79 Å². The Bertz CT molecular complexity index is 642. The largest absolute Gasteiger partial charge is 0.348 e. The van der Waals surface area contributed by atoms with Crippen molar-refractivity contribution in [1.82, 2.24) is 10.3 Å². The van der Waals surface area contributed by atoms with E-state index in [4.69, 9.17) is 11.6 Å². The van der Waals surface area contributed by atoms with Gasteiger partial charge in [0, 0.05) is 6.04 Å². The van der Waals surface area contributed by atoms with E-state index in [1.807, 2.05) is 6.07 Å². The van der Waals surface area contributed by atoms with Crippen molar-refractivity contribution in [2.24, 2.45) is 0 Å². The van der Waals surface area contributed by atoms with Gasteiger partial charge in [-0.15, -0.1) is 0 Å². The van der Waals surface area contributed by atoms with Crippen LogP contribution in [0.1, 0.15) is 28.0 Å². The van der Waals surface area contributed by atoms with Gasteiger partial charge in [-0.25, -0.2) is 4.98 Å². The van der Waals surface area contributed by atoms with E-state index in [1.165, 1.54) is 11.1 Å². The summed E-state index contributed by atoms with van der Waals surface area (Å²) < 4.78 is 0. The minimum absolute atomic E-state index is 0.156. The molecule has 3 nitrogen and oxygen atoms in total. The molecule has 0 saturated heterocycles. The average molecular weight is 287 g/mol. The van der Waals surface area contributed by atoms with Crippen LogP contribution in [-0.2, 0) is 12.8 Å². The van der Waals surface area contributed by atoms with Gasteiger partial charge in [-0.05, 0) is 42.5 Å². The van der Waals surface area contributed by atoms with Gasteiger partial charge in [0.05, 0.1) is 0 Å². The number of fused-ring (bicyclic) bond motifs is 1. The fourth-order valence-corrected chi connectivity index (χ4v) is 2.78. The van der Waals surface area contributed by atoms with Crippen molar-refractivity contribution in [2.45, 2.75) is 25.3 Å². The molecule has 1 atom stereocenters. The molecule has 1 aromatic carbocycles. The SMILES string of the molecule is O=C(NC1CCc2ccccc2C1)c1cccc(Cl)n1. The fourth-order valence-electron chi connectivity index (χ4n) is 2.62. The van der Waals surface area contributed by atoms with Crippen LogP contribution in [0.4, 0.5) is 0 Å². The van der Waals surface area contributed by atoms with Gasteiger partial charge in [0.2, 0.25) is 0 Å². The number of nitrogens with zero attached hydrogens (tertiary/aromatic N) is 1. The number of aromatic nitrogens is 1. The maximum absolute atomic E-state index is 12.1. The summed E-state index contributed by atoms with van der Waals surface area (Å²) in [6.07, 6.45) is 2.84. The molecule has 0 spiro atoms. The number of carbonyl (C=O) groups excluding carboxylic acids is 1. The second-order valence-corrected chi connectivity index (χ2v) is 5.41. The van der Waals surface area contributed by atoms with Gasteiger partial charge in [-0.1, -0.05) is 41.9 Å². The molecule has 1 aliphatic carbocycles. The van der Waals surface area contributed by atoms with Crippen molar-refractivity contribution in [3.8, 4) is 0 Å². The molecule has 3 rings (SSSR count). The Morgan fingerprint density at radius 1 is 1.15 bits per heavy atom. The molecule has 1 N–H and O–H groups in total. The fraction of sp³-hybridized carbons (Fsp3) is 0.250. The molecule has 1 amide bonds. The summed E-state index contributed by atoms with van der Waals surface area (Å²) in [5.41, 5.74) is 3.08. The van der Waals surface area contributed by atoms with Crippen LogP contribution < -0.4 is 5.32 Å². The summed E-state index contributed by atoms with van der Waals surface area (Å²) >= 11 is 5.81. The Kier molecular flexibility index (Phi) is 3.70. The number of benzene rings is 1. The summed E-state index contributed by atoms with van der Waals surface area (Å²) in [5.74, 6) is -0.156. The zero-order valence-electron chi connectivity index (χ0n) is 11.0. The summed E-state index contributed by atoms with van der Waals surface area (Å²) in [5, 5.41) is 3.38. The van der Waals surface area contributed by atoms with E-state index >= 15 is 0 Å². The van der Waals surface area contributed by atoms with Gasteiger partial charge in [-0.2, -0.15) is 0 Å². The average Bonchev–Trinajstić information content (AvgIpc) is 2.47. The van der Waals surface area contributed by atoms with Crippen molar-refractivity contribution in [2.75, 3.05) is 0 Å². The van der Waals surface area contributed by atoms with Crippen LogP contribution in [0.15, 0.2) is 42.5 Å². The molecule has 4 heteroatoms. The number of nitrogens with one attached hydrogen (secondary N) is 1. The number of aryl methyl sites for hydroxylation is 1. The number of amides is 1. The Hall–Kier alpha value is -1.87. The van der Waals surface area contributed by atoms with E-state index < -0.39 is 0 Å². The van der Waals surface area contributed by atoms with E-state index in [2.05, 4.69) is 28.5 Å². The minimum Gasteiger partial charge on any atom is -0.348 e. The summed E-state index contributed by atoms with van der Waals surface area (Å²) in [6.45, 7) is 0. The second-order valence-electron chi connectivity index (χ2n) is 5.03. The first-order valence-electron chi connectivity index (χ1n) is 6.72. The lowest BCUT2D eigenvalue weighted by molar-refractivity contribution is 0.0928. The number of hydrogen-bond donors (Lipinski definition) is 1. The molecular weight excluding hydrogens is 272 g/mol. The van der Waals surface area contributed by atoms with Crippen molar-refractivity contribution in [1.29, 1.82) is 0 Å². The summed E-state index contributed by atoms with van der Waals surface area (Å²) in [7, 11) is 0. The van der Waals surface area contributed by atoms with Crippen LogP contribution in [0.25, 0.3) is 0 Å². The van der Waals surface area contributed by atoms with Crippen molar-refractivity contribution in [3.05, 3.63) is 64.4 Å². The molecular formula is C16H15ClN2O. The van der Waals surface area contributed by atoms with Crippen molar-refractivity contribution in [3.63, 3.8) is 0 Å². The zero-order valence-corrected chi connectivity index (χ0v) is 11.7. The zero-order chi connectivity index (χ0) is 13.9. The van der Waals surface area contributed by atoms with Gasteiger partial charge >= 0.3 is 0 Å². The van der Waals surface area contributed by atoms with E-state index in [9.17, 15) is 4.79 Å². The second kappa shape index (κ2) is 5.63. The number of rotatable bonds is 2. The third-order valence-electron chi connectivity index (χ3n) is 3.63. The molecule has 1 unspecified atom stereocenters. The van der Waals surface area contributed by atoms with Crippen LogP contribution in [0.2, 0.25) is 5.15 Å². The molecule has 102 valence electrons. The van der Waals surface area contributed by atoms with Crippen molar-refractivity contribution >= 4 is 17.5 Å². The van der Waals surface area contributed by atoms with Crippen LogP contribution >= 0.6 is 11.6 Å². The molecule has 20 heavy (non-hydrogen) atoms. The molecule has 1 aromatic heterocycles. The maximum Gasteiger partial charge on any atom is 0.270 e. The van der Waals surface area contributed by atoms with Gasteiger partial charge in [0.25, 0.3) is 5.91 Å². The number of pyridine rings is 1. The lowest BCUT2D eigenvalue weighted by atomic mass is 9.88. The lowest BCUT2D eigenvalue weighted by Crippen LogP contribution is -2.39. The molecule has 0 saturated carbocycles. The molecule has 2 aromatic rings. The molecule has 1 aliphatic rings. The van der Waals surface area contributed by atoms with Crippen molar-refractivity contribution < 1.29 is 4.79 Å². The predicted octanol–water partition coefficient (Wildman–Crippen LogP) is 3.02. The Morgan fingerprint density at radius 2 is 1.95 bits per heavy atom. The van der Waals surface area contributed by atoms with E-state index in [0.717, 1.165) is 19.3 Å². The number of halogens is 1. The van der Waals surface area contributed by atoms with Crippen LogP contribution in [0.3, 0.4) is 0 Å². The highest BCUT2D eigenvalue weighted by Crippen LogP contribution is 2.21. The monoisotopic (exact) mass is 286 g/mol. The maximum atomic E-state index is 12.1. The standard InChI is InChI=1S/C16H15ClN2O/c17-15-7-3-6-14(19-15)16(20)18-13-9-8-11-4-1-2-5-12(11)10-13/h1-7,13H,8-10H2,(H,18,20). The minimum atomic E-state index is -0.156. The number of carbonyl (C=O) groups is 1. The van der Waals surface area contributed by atoms with Crippen LogP contribution in [-0.4, -0.2) is 16.9 Å². The quantitative estimate of drug-likeness (QED) is 0.862. The smallest absolute Gasteiger partial charge is 0.270 e. The first-order valence-corrected chi connectivity index (χ1v) is 7.10. The highest BCUT2D eigenvalue weighted by molar-refractivity contribution is 6.29. The lowest BCUT2D eigenvalue weighted by Gasteiger charge is -2.25. The summed E-state index contributed by atoms with van der Waals surface area (Å²) in [4.78, 5) is 16.2. The molecule has 0 aliphatic heterocycles. The molecule has 0 bridgehead atoms. The van der Waals surface area contributed by atoms with Crippen LogP contribution in [0.5, 0.6) is 0 Å². The Morgan fingerprint density at radius 3 is 2.75 bits per heavy atom. The molecule has 1 heterocycles. The first-order chi connectivity index (χ1) is 9.72.